The lowest BCUT2D eigenvalue weighted by atomic mass is 10.1. The zero-order chi connectivity index (χ0) is 18.9. The number of aromatic nitrogens is 4. The molecule has 3 rings (SSSR count). The number of nitrogens with one attached hydrogen (secondary N) is 1. The number of halogens is 1. The van der Waals surface area contributed by atoms with Crippen LogP contribution in [0.5, 0.6) is 5.75 Å². The van der Waals surface area contributed by atoms with Crippen molar-refractivity contribution in [1.82, 2.24) is 25.5 Å². The summed E-state index contributed by atoms with van der Waals surface area (Å²) in [5.74, 6) is 1.91. The molecule has 8 heteroatoms. The molecule has 6 nitrogen and oxygen atoms in total. The molecule has 0 saturated heterocycles. The van der Waals surface area contributed by atoms with E-state index in [-0.39, 0.29) is 12.4 Å². The zero-order valence-corrected chi connectivity index (χ0v) is 17.8. The smallest absolute Gasteiger partial charge is 0.209 e. The SMILES string of the molecule is Cc1ccc(COc2ccccc2CNCCCSc2nnnn2C)cc1.Cl. The van der Waals surface area contributed by atoms with Gasteiger partial charge in [-0.3, -0.25) is 0 Å². The highest BCUT2D eigenvalue weighted by Gasteiger charge is 2.04. The Bertz CT molecular complexity index is 841. The first-order chi connectivity index (χ1) is 13.2. The molecule has 0 aliphatic carbocycles. The van der Waals surface area contributed by atoms with Crippen LogP contribution in [0.4, 0.5) is 0 Å². The molecular weight excluding hydrogens is 394 g/mol. The fraction of sp³-hybridized carbons (Fsp3) is 0.350. The van der Waals surface area contributed by atoms with Crippen LogP contribution in [-0.4, -0.2) is 32.5 Å². The second-order valence-corrected chi connectivity index (χ2v) is 7.41. The molecule has 1 aromatic heterocycles. The number of hydrogen-bond acceptors (Lipinski definition) is 6. The molecule has 0 spiro atoms. The molecule has 1 N–H and O–H groups in total. The monoisotopic (exact) mass is 419 g/mol. The van der Waals surface area contributed by atoms with Gasteiger partial charge in [-0.1, -0.05) is 59.8 Å². The molecule has 0 saturated carbocycles. The lowest BCUT2D eigenvalue weighted by Gasteiger charge is -2.12. The van der Waals surface area contributed by atoms with Gasteiger partial charge >= 0.3 is 0 Å². The van der Waals surface area contributed by atoms with Gasteiger partial charge in [0.1, 0.15) is 12.4 Å². The quantitative estimate of drug-likeness (QED) is 0.398. The molecule has 0 aliphatic heterocycles. The summed E-state index contributed by atoms with van der Waals surface area (Å²) in [4.78, 5) is 0. The molecule has 0 aliphatic rings. The topological polar surface area (TPSA) is 64.9 Å². The fourth-order valence-electron chi connectivity index (χ4n) is 2.56. The Hall–Kier alpha value is -2.09. The average molecular weight is 420 g/mol. The van der Waals surface area contributed by atoms with Crippen molar-refractivity contribution in [2.75, 3.05) is 12.3 Å². The maximum atomic E-state index is 6.03. The van der Waals surface area contributed by atoms with E-state index in [1.54, 1.807) is 16.4 Å². The zero-order valence-electron chi connectivity index (χ0n) is 16.2. The number of hydrogen-bond donors (Lipinski definition) is 1. The molecule has 0 amide bonds. The first kappa shape index (κ1) is 22.2. The third kappa shape index (κ3) is 6.82. The van der Waals surface area contributed by atoms with Crippen LogP contribution in [0.15, 0.2) is 53.7 Å². The van der Waals surface area contributed by atoms with Crippen molar-refractivity contribution in [3.05, 3.63) is 65.2 Å². The number of rotatable bonds is 10. The Labute approximate surface area is 176 Å². The van der Waals surface area contributed by atoms with Crippen LogP contribution < -0.4 is 10.1 Å². The van der Waals surface area contributed by atoms with Crippen LogP contribution >= 0.6 is 24.2 Å². The highest BCUT2D eigenvalue weighted by molar-refractivity contribution is 7.99. The summed E-state index contributed by atoms with van der Waals surface area (Å²) >= 11 is 1.67. The third-order valence-corrected chi connectivity index (χ3v) is 5.21. The van der Waals surface area contributed by atoms with E-state index >= 15 is 0 Å². The minimum Gasteiger partial charge on any atom is -0.489 e. The van der Waals surface area contributed by atoms with Gasteiger partial charge in [-0.25, -0.2) is 4.68 Å². The van der Waals surface area contributed by atoms with E-state index in [2.05, 4.69) is 58.1 Å². The van der Waals surface area contributed by atoms with E-state index in [1.807, 2.05) is 25.2 Å². The minimum absolute atomic E-state index is 0. The van der Waals surface area contributed by atoms with Gasteiger partial charge in [0.05, 0.1) is 0 Å². The van der Waals surface area contributed by atoms with Gasteiger partial charge in [-0.2, -0.15) is 0 Å². The molecule has 2 aromatic carbocycles. The van der Waals surface area contributed by atoms with Crippen molar-refractivity contribution in [3.8, 4) is 5.75 Å². The molecule has 150 valence electrons. The number of thioether (sulfide) groups is 1. The highest BCUT2D eigenvalue weighted by atomic mass is 35.5. The Morgan fingerprint density at radius 1 is 1.11 bits per heavy atom. The number of tetrazole rings is 1. The predicted octanol–water partition coefficient (Wildman–Crippen LogP) is 3.79. The first-order valence-electron chi connectivity index (χ1n) is 9.04. The van der Waals surface area contributed by atoms with Crippen LogP contribution in [0.1, 0.15) is 23.1 Å². The van der Waals surface area contributed by atoms with E-state index in [0.29, 0.717) is 6.61 Å². The van der Waals surface area contributed by atoms with Gasteiger partial charge in [0.2, 0.25) is 5.16 Å². The van der Waals surface area contributed by atoms with Crippen LogP contribution in [0, 0.1) is 6.92 Å². The largest absolute Gasteiger partial charge is 0.489 e. The predicted molar refractivity (Wildman–Crippen MR) is 115 cm³/mol. The van der Waals surface area contributed by atoms with E-state index in [4.69, 9.17) is 4.74 Å². The van der Waals surface area contributed by atoms with Gasteiger partial charge in [0, 0.05) is 24.9 Å². The summed E-state index contributed by atoms with van der Waals surface area (Å²) in [7, 11) is 1.86. The molecule has 3 aromatic rings. The first-order valence-corrected chi connectivity index (χ1v) is 10.0. The fourth-order valence-corrected chi connectivity index (χ4v) is 3.35. The molecular formula is C20H26ClN5OS. The van der Waals surface area contributed by atoms with Crippen LogP contribution in [0.3, 0.4) is 0 Å². The Balaban J connectivity index is 0.00000280. The summed E-state index contributed by atoms with van der Waals surface area (Å²) in [6.07, 6.45) is 1.05. The van der Waals surface area contributed by atoms with Crippen molar-refractivity contribution in [3.63, 3.8) is 0 Å². The van der Waals surface area contributed by atoms with Crippen LogP contribution in [0.25, 0.3) is 0 Å². The summed E-state index contributed by atoms with van der Waals surface area (Å²) in [6.45, 7) is 4.40. The van der Waals surface area contributed by atoms with Crippen LogP contribution in [-0.2, 0) is 20.2 Å². The standard InChI is InChI=1S/C20H25N5OS.ClH/c1-16-8-10-17(11-9-16)15-26-19-7-4-3-6-18(19)14-21-12-5-13-27-20-22-23-24-25(20)2;/h3-4,6-11,21H,5,12-15H2,1-2H3;1H. The van der Waals surface area contributed by atoms with Gasteiger partial charge in [0.25, 0.3) is 0 Å². The van der Waals surface area contributed by atoms with Crippen molar-refractivity contribution in [2.45, 2.75) is 31.7 Å². The molecule has 1 heterocycles. The Kier molecular flexibility index (Phi) is 9.27. The summed E-state index contributed by atoms with van der Waals surface area (Å²) in [5, 5.41) is 15.8. The number of para-hydroxylation sites is 1. The molecule has 0 bridgehead atoms. The van der Waals surface area contributed by atoms with Crippen LogP contribution in [0.2, 0.25) is 0 Å². The van der Waals surface area contributed by atoms with Crippen molar-refractivity contribution in [1.29, 1.82) is 0 Å². The van der Waals surface area contributed by atoms with Gasteiger partial charge < -0.3 is 10.1 Å². The lowest BCUT2D eigenvalue weighted by Crippen LogP contribution is -2.16. The van der Waals surface area contributed by atoms with Gasteiger partial charge in [-0.15, -0.1) is 17.5 Å². The van der Waals surface area contributed by atoms with E-state index < -0.39 is 0 Å². The molecule has 0 radical (unpaired) electrons. The molecule has 0 fully saturated rings. The summed E-state index contributed by atoms with van der Waals surface area (Å²) in [5.41, 5.74) is 3.62. The Morgan fingerprint density at radius 3 is 2.64 bits per heavy atom. The number of nitrogens with zero attached hydrogens (tertiary/aromatic N) is 4. The number of benzene rings is 2. The van der Waals surface area contributed by atoms with Crippen molar-refractivity contribution < 1.29 is 4.74 Å². The van der Waals surface area contributed by atoms with Crippen molar-refractivity contribution in [2.24, 2.45) is 7.05 Å². The second-order valence-electron chi connectivity index (χ2n) is 6.35. The van der Waals surface area contributed by atoms with E-state index in [1.165, 1.54) is 16.7 Å². The van der Waals surface area contributed by atoms with Crippen molar-refractivity contribution >= 4 is 24.2 Å². The van der Waals surface area contributed by atoms with E-state index in [9.17, 15) is 0 Å². The molecule has 28 heavy (non-hydrogen) atoms. The molecule has 0 atom stereocenters. The Morgan fingerprint density at radius 2 is 1.89 bits per heavy atom. The maximum Gasteiger partial charge on any atom is 0.209 e. The normalized spacial score (nSPS) is 10.5. The summed E-state index contributed by atoms with van der Waals surface area (Å²) < 4.78 is 7.73. The third-order valence-electron chi connectivity index (χ3n) is 4.11. The van der Waals surface area contributed by atoms with Gasteiger partial charge in [-0.05, 0) is 41.9 Å². The molecule has 0 unspecified atom stereocenters. The van der Waals surface area contributed by atoms with E-state index in [0.717, 1.165) is 36.2 Å². The highest BCUT2D eigenvalue weighted by Crippen LogP contribution is 2.19. The van der Waals surface area contributed by atoms with Gasteiger partial charge in [0.15, 0.2) is 0 Å². The maximum absolute atomic E-state index is 6.03. The average Bonchev–Trinajstić information content (AvgIpc) is 3.10. The lowest BCUT2D eigenvalue weighted by molar-refractivity contribution is 0.302. The summed E-state index contributed by atoms with van der Waals surface area (Å²) in [6, 6.07) is 16.6. The minimum atomic E-state index is 0. The number of aryl methyl sites for hydroxylation is 2. The second kappa shape index (κ2) is 11.7. The number of ether oxygens (including phenoxy) is 1.